The molecule has 0 spiro atoms. The predicted molar refractivity (Wildman–Crippen MR) is 86.6 cm³/mol. The van der Waals surface area contributed by atoms with E-state index in [0.717, 1.165) is 33.8 Å². The van der Waals surface area contributed by atoms with Gasteiger partial charge in [-0.25, -0.2) is 8.78 Å². The number of rotatable bonds is 5. The fourth-order valence-corrected chi connectivity index (χ4v) is 3.26. The minimum absolute atomic E-state index is 0.0664. The maximum atomic E-state index is 13.8. The zero-order chi connectivity index (χ0) is 15.4. The van der Waals surface area contributed by atoms with Gasteiger partial charge in [0.15, 0.2) is 0 Å². The van der Waals surface area contributed by atoms with E-state index in [-0.39, 0.29) is 6.04 Å². The van der Waals surface area contributed by atoms with Crippen molar-refractivity contribution in [1.29, 1.82) is 0 Å². The molecule has 0 aliphatic carbocycles. The summed E-state index contributed by atoms with van der Waals surface area (Å²) < 4.78 is 27.7. The highest BCUT2D eigenvalue weighted by atomic mass is 79.9. The third-order valence-corrected chi connectivity index (χ3v) is 4.81. The van der Waals surface area contributed by atoms with Crippen LogP contribution in [0.2, 0.25) is 0 Å². The molecule has 2 N–H and O–H groups in total. The minimum Gasteiger partial charge on any atom is -0.327 e. The second-order valence-corrected chi connectivity index (χ2v) is 6.80. The van der Waals surface area contributed by atoms with E-state index in [2.05, 4.69) is 15.9 Å². The molecule has 1 unspecified atom stereocenters. The van der Waals surface area contributed by atoms with Crippen molar-refractivity contribution in [1.82, 2.24) is 0 Å². The predicted octanol–water partition coefficient (Wildman–Crippen LogP) is 5.16. The van der Waals surface area contributed by atoms with Crippen molar-refractivity contribution < 1.29 is 8.78 Å². The van der Waals surface area contributed by atoms with Crippen molar-refractivity contribution in [3.63, 3.8) is 0 Å². The summed E-state index contributed by atoms with van der Waals surface area (Å²) in [4.78, 5) is 1.35. The Morgan fingerprint density at radius 3 is 2.52 bits per heavy atom. The van der Waals surface area contributed by atoms with Crippen LogP contribution in [0, 0.1) is 11.6 Å². The highest BCUT2D eigenvalue weighted by Crippen LogP contribution is 2.34. The fourth-order valence-electron chi connectivity index (χ4n) is 1.91. The lowest BCUT2D eigenvalue weighted by Crippen LogP contribution is -2.21. The van der Waals surface area contributed by atoms with Crippen LogP contribution < -0.4 is 5.73 Å². The summed E-state index contributed by atoms with van der Waals surface area (Å²) >= 11 is 4.74. The molecule has 0 amide bonds. The van der Waals surface area contributed by atoms with Crippen molar-refractivity contribution in [2.45, 2.75) is 35.6 Å². The fraction of sp³-hybridized carbons (Fsp3) is 0.250. The number of halogens is 3. The third-order valence-electron chi connectivity index (χ3n) is 3.14. The van der Waals surface area contributed by atoms with Gasteiger partial charge in [-0.2, -0.15) is 0 Å². The first kappa shape index (κ1) is 16.5. The van der Waals surface area contributed by atoms with E-state index < -0.39 is 11.6 Å². The van der Waals surface area contributed by atoms with Gasteiger partial charge in [0.2, 0.25) is 0 Å². The maximum absolute atomic E-state index is 13.8. The van der Waals surface area contributed by atoms with E-state index in [9.17, 15) is 8.78 Å². The van der Waals surface area contributed by atoms with E-state index in [1.165, 1.54) is 23.9 Å². The maximum Gasteiger partial charge on any atom is 0.140 e. The minimum atomic E-state index is -0.569. The lowest BCUT2D eigenvalue weighted by Gasteiger charge is -2.14. The Balaban J connectivity index is 2.30. The van der Waals surface area contributed by atoms with Crippen molar-refractivity contribution in [3.05, 3.63) is 58.1 Å². The van der Waals surface area contributed by atoms with Gasteiger partial charge in [0.25, 0.3) is 0 Å². The van der Waals surface area contributed by atoms with Gasteiger partial charge in [-0.15, -0.1) is 0 Å². The average molecular weight is 372 g/mol. The Morgan fingerprint density at radius 1 is 1.14 bits per heavy atom. The third kappa shape index (κ3) is 4.53. The number of nitrogens with two attached hydrogens (primary N) is 1. The first-order chi connectivity index (χ1) is 9.99. The van der Waals surface area contributed by atoms with Crippen LogP contribution in [-0.2, 0) is 6.42 Å². The molecule has 0 bridgehead atoms. The van der Waals surface area contributed by atoms with E-state index in [0.29, 0.717) is 4.90 Å². The second kappa shape index (κ2) is 7.38. The standard InChI is InChI=1S/C16H16BrF2NS/c1-2-13(20)8-10-7-11(17)3-5-15(10)21-16-6-4-12(18)9-14(16)19/h3-7,9,13H,2,8,20H2,1H3. The van der Waals surface area contributed by atoms with Crippen LogP contribution >= 0.6 is 27.7 Å². The zero-order valence-electron chi connectivity index (χ0n) is 11.6. The van der Waals surface area contributed by atoms with Gasteiger partial charge in [0.05, 0.1) is 0 Å². The van der Waals surface area contributed by atoms with Crippen LogP contribution in [0.25, 0.3) is 0 Å². The van der Waals surface area contributed by atoms with Gasteiger partial charge in [0, 0.05) is 26.4 Å². The van der Waals surface area contributed by atoms with Gasteiger partial charge in [0.1, 0.15) is 11.6 Å². The molecule has 0 saturated carbocycles. The highest BCUT2D eigenvalue weighted by Gasteiger charge is 2.12. The van der Waals surface area contributed by atoms with E-state index in [1.54, 1.807) is 0 Å². The quantitative estimate of drug-likeness (QED) is 0.785. The van der Waals surface area contributed by atoms with E-state index >= 15 is 0 Å². The van der Waals surface area contributed by atoms with Gasteiger partial charge in [-0.3, -0.25) is 0 Å². The Bertz CT molecular complexity index is 634. The average Bonchev–Trinajstić information content (AvgIpc) is 2.44. The Morgan fingerprint density at radius 2 is 1.86 bits per heavy atom. The Hall–Kier alpha value is -0.910. The molecule has 1 atom stereocenters. The van der Waals surface area contributed by atoms with Crippen LogP contribution in [0.15, 0.2) is 50.7 Å². The molecule has 0 saturated heterocycles. The molecule has 2 aromatic carbocycles. The summed E-state index contributed by atoms with van der Waals surface area (Å²) in [6.45, 7) is 2.04. The molecule has 0 heterocycles. The van der Waals surface area contributed by atoms with Crippen LogP contribution in [0.3, 0.4) is 0 Å². The molecule has 21 heavy (non-hydrogen) atoms. The summed E-state index contributed by atoms with van der Waals surface area (Å²) in [6, 6.07) is 9.53. The SMILES string of the molecule is CCC(N)Cc1cc(Br)ccc1Sc1ccc(F)cc1F. The lowest BCUT2D eigenvalue weighted by atomic mass is 10.1. The Kier molecular flexibility index (Phi) is 5.79. The van der Waals surface area contributed by atoms with Crippen molar-refractivity contribution in [3.8, 4) is 0 Å². The highest BCUT2D eigenvalue weighted by molar-refractivity contribution is 9.10. The Labute approximate surface area is 136 Å². The van der Waals surface area contributed by atoms with Gasteiger partial charge in [-0.05, 0) is 48.7 Å². The molecule has 2 rings (SSSR count). The van der Waals surface area contributed by atoms with Gasteiger partial charge in [-0.1, -0.05) is 34.6 Å². The van der Waals surface area contributed by atoms with Crippen molar-refractivity contribution in [2.24, 2.45) is 5.73 Å². The van der Waals surface area contributed by atoms with Crippen LogP contribution in [0.4, 0.5) is 8.78 Å². The smallest absolute Gasteiger partial charge is 0.140 e. The largest absolute Gasteiger partial charge is 0.327 e. The molecular weight excluding hydrogens is 356 g/mol. The summed E-state index contributed by atoms with van der Waals surface area (Å²) in [5.74, 6) is -1.12. The molecule has 5 heteroatoms. The topological polar surface area (TPSA) is 26.0 Å². The molecule has 0 aromatic heterocycles. The molecular formula is C16H16BrF2NS. The molecule has 112 valence electrons. The zero-order valence-corrected chi connectivity index (χ0v) is 14.0. The summed E-state index contributed by atoms with van der Waals surface area (Å²) in [7, 11) is 0. The van der Waals surface area contributed by atoms with Crippen LogP contribution in [0.5, 0.6) is 0 Å². The van der Waals surface area contributed by atoms with E-state index in [4.69, 9.17) is 5.73 Å². The number of benzene rings is 2. The normalized spacial score (nSPS) is 12.4. The molecule has 1 nitrogen and oxygen atoms in total. The van der Waals surface area contributed by atoms with Gasteiger partial charge < -0.3 is 5.73 Å². The van der Waals surface area contributed by atoms with Crippen molar-refractivity contribution >= 4 is 27.7 Å². The summed E-state index contributed by atoms with van der Waals surface area (Å²) in [6.07, 6.45) is 1.60. The van der Waals surface area contributed by atoms with Crippen molar-refractivity contribution in [2.75, 3.05) is 0 Å². The first-order valence-electron chi connectivity index (χ1n) is 6.66. The molecule has 0 aliphatic rings. The number of hydrogen-bond donors (Lipinski definition) is 1. The second-order valence-electron chi connectivity index (χ2n) is 4.80. The van der Waals surface area contributed by atoms with Crippen LogP contribution in [0.1, 0.15) is 18.9 Å². The van der Waals surface area contributed by atoms with Gasteiger partial charge >= 0.3 is 0 Å². The molecule has 0 fully saturated rings. The molecule has 0 radical (unpaired) electrons. The summed E-state index contributed by atoms with van der Waals surface area (Å²) in [5.41, 5.74) is 7.08. The lowest BCUT2D eigenvalue weighted by molar-refractivity contribution is 0.565. The molecule has 2 aromatic rings. The van der Waals surface area contributed by atoms with E-state index in [1.807, 2.05) is 25.1 Å². The summed E-state index contributed by atoms with van der Waals surface area (Å²) in [5, 5.41) is 0. The number of hydrogen-bond acceptors (Lipinski definition) is 2. The molecule has 0 aliphatic heterocycles. The first-order valence-corrected chi connectivity index (χ1v) is 8.27. The van der Waals surface area contributed by atoms with Crippen LogP contribution in [-0.4, -0.2) is 6.04 Å². The monoisotopic (exact) mass is 371 g/mol.